The van der Waals surface area contributed by atoms with Crippen LogP contribution in [0.1, 0.15) is 31.6 Å². The Balaban J connectivity index is 1.30. The number of imidazole rings is 1. The van der Waals surface area contributed by atoms with Crippen LogP contribution in [0.15, 0.2) is 36.7 Å². The molecule has 1 unspecified atom stereocenters. The van der Waals surface area contributed by atoms with Crippen molar-refractivity contribution in [3.8, 4) is 11.3 Å². The number of pyridine rings is 1. The number of benzene rings is 1. The summed E-state index contributed by atoms with van der Waals surface area (Å²) >= 11 is 0. The number of nitrogens with one attached hydrogen (secondary N) is 2. The van der Waals surface area contributed by atoms with E-state index in [9.17, 15) is 4.39 Å². The molecule has 180 valence electrons. The number of aromatic nitrogens is 5. The summed E-state index contributed by atoms with van der Waals surface area (Å²) in [5.41, 5.74) is 2.42. The Kier molecular flexibility index (Phi) is 5.52. The molecular formula is C25H26F2N8. The Morgan fingerprint density at radius 2 is 1.91 bits per heavy atom. The number of hydrogen-bond acceptors (Lipinski definition) is 7. The van der Waals surface area contributed by atoms with Gasteiger partial charge in [-0.15, -0.1) is 0 Å². The average Bonchev–Trinajstić information content (AvgIpc) is 3.46. The highest BCUT2D eigenvalue weighted by atomic mass is 19.1. The lowest BCUT2D eigenvalue weighted by Gasteiger charge is -2.29. The van der Waals surface area contributed by atoms with Crippen LogP contribution >= 0.6 is 0 Å². The summed E-state index contributed by atoms with van der Waals surface area (Å²) in [6.45, 7) is 5.86. The lowest BCUT2D eigenvalue weighted by atomic mass is 10.1. The van der Waals surface area contributed by atoms with Crippen molar-refractivity contribution in [2.45, 2.75) is 32.2 Å². The number of aryl methyl sites for hydroxylation is 1. The highest BCUT2D eigenvalue weighted by molar-refractivity contribution is 5.83. The minimum atomic E-state index is -0.621. The standard InChI is InChI=1S/C25H26F2N8/c1-2-16-4-6-22-32-24-18(26)11-15(12-20(24)35(16)22)23-19(27)14-30-25(33-23)31-21-5-3-17(13-29-21)34-9-7-28-8-10-34/h3,5,11-14,16,28H,2,4,6-10H2,1H3,(H,29,30,31,33). The van der Waals surface area contributed by atoms with E-state index in [-0.39, 0.29) is 17.7 Å². The van der Waals surface area contributed by atoms with Crippen molar-refractivity contribution in [1.82, 2.24) is 29.8 Å². The third-order valence-corrected chi connectivity index (χ3v) is 6.85. The van der Waals surface area contributed by atoms with E-state index in [1.54, 1.807) is 12.3 Å². The van der Waals surface area contributed by atoms with E-state index < -0.39 is 11.6 Å². The van der Waals surface area contributed by atoms with Crippen LogP contribution in [0.25, 0.3) is 22.3 Å². The summed E-state index contributed by atoms with van der Waals surface area (Å²) in [7, 11) is 0. The Labute approximate surface area is 201 Å². The molecule has 0 radical (unpaired) electrons. The minimum absolute atomic E-state index is 0.0299. The second-order valence-corrected chi connectivity index (χ2v) is 8.98. The van der Waals surface area contributed by atoms with Gasteiger partial charge in [-0.25, -0.2) is 28.7 Å². The van der Waals surface area contributed by atoms with Gasteiger partial charge in [-0.3, -0.25) is 0 Å². The van der Waals surface area contributed by atoms with Crippen LogP contribution < -0.4 is 15.5 Å². The average molecular weight is 477 g/mol. The first-order valence-electron chi connectivity index (χ1n) is 12.0. The summed E-state index contributed by atoms with van der Waals surface area (Å²) in [5.74, 6) is 0.511. The van der Waals surface area contributed by atoms with Gasteiger partial charge in [-0.1, -0.05) is 6.92 Å². The first kappa shape index (κ1) is 21.8. The molecule has 2 N–H and O–H groups in total. The maximum Gasteiger partial charge on any atom is 0.229 e. The molecule has 35 heavy (non-hydrogen) atoms. The summed E-state index contributed by atoms with van der Waals surface area (Å²) in [6, 6.07) is 7.17. The van der Waals surface area contributed by atoms with Gasteiger partial charge >= 0.3 is 0 Å². The van der Waals surface area contributed by atoms with E-state index in [1.807, 2.05) is 12.1 Å². The summed E-state index contributed by atoms with van der Waals surface area (Å²) in [6.07, 6.45) is 5.62. The molecule has 0 amide bonds. The number of rotatable bonds is 5. The largest absolute Gasteiger partial charge is 0.368 e. The fourth-order valence-corrected chi connectivity index (χ4v) is 5.05. The van der Waals surface area contributed by atoms with Crippen LogP contribution in [0.3, 0.4) is 0 Å². The molecule has 6 rings (SSSR count). The SMILES string of the molecule is CCC1CCc2nc3c(F)cc(-c4nc(Nc5ccc(N6CCNCC6)cn5)ncc4F)cc3n21. The maximum atomic E-state index is 15.0. The molecule has 2 aliphatic rings. The smallest absolute Gasteiger partial charge is 0.229 e. The van der Waals surface area contributed by atoms with E-state index in [1.165, 1.54) is 6.07 Å². The van der Waals surface area contributed by atoms with E-state index in [0.717, 1.165) is 63.2 Å². The fourth-order valence-electron chi connectivity index (χ4n) is 5.05. The van der Waals surface area contributed by atoms with Gasteiger partial charge in [-0.05, 0) is 37.1 Å². The highest BCUT2D eigenvalue weighted by Gasteiger charge is 2.26. The van der Waals surface area contributed by atoms with E-state index in [0.29, 0.717) is 22.4 Å². The van der Waals surface area contributed by atoms with Crippen molar-refractivity contribution >= 4 is 28.5 Å². The van der Waals surface area contributed by atoms with Gasteiger partial charge in [0.1, 0.15) is 22.9 Å². The Bertz CT molecular complexity index is 1380. The first-order chi connectivity index (χ1) is 17.1. The highest BCUT2D eigenvalue weighted by Crippen LogP contribution is 2.36. The topological polar surface area (TPSA) is 83.8 Å². The maximum absolute atomic E-state index is 15.0. The van der Waals surface area contributed by atoms with Gasteiger partial charge in [0.2, 0.25) is 5.95 Å². The van der Waals surface area contributed by atoms with Gasteiger partial charge in [0.25, 0.3) is 0 Å². The third kappa shape index (κ3) is 3.97. The van der Waals surface area contributed by atoms with Gasteiger partial charge in [0.05, 0.1) is 23.6 Å². The third-order valence-electron chi connectivity index (χ3n) is 6.85. The fraction of sp³-hybridized carbons (Fsp3) is 0.360. The number of hydrogen-bond donors (Lipinski definition) is 2. The van der Waals surface area contributed by atoms with Crippen molar-refractivity contribution in [2.24, 2.45) is 0 Å². The van der Waals surface area contributed by atoms with E-state index >= 15 is 4.39 Å². The van der Waals surface area contributed by atoms with Gasteiger partial charge in [0.15, 0.2) is 11.6 Å². The molecule has 0 spiro atoms. The van der Waals surface area contributed by atoms with Crippen molar-refractivity contribution < 1.29 is 8.78 Å². The van der Waals surface area contributed by atoms with Crippen molar-refractivity contribution in [3.63, 3.8) is 0 Å². The van der Waals surface area contributed by atoms with Crippen molar-refractivity contribution in [2.75, 3.05) is 36.4 Å². The predicted octanol–water partition coefficient (Wildman–Crippen LogP) is 4.22. The van der Waals surface area contributed by atoms with Gasteiger partial charge < -0.3 is 20.1 Å². The molecule has 3 aromatic heterocycles. The van der Waals surface area contributed by atoms with Crippen LogP contribution in [0.5, 0.6) is 0 Å². The van der Waals surface area contributed by atoms with E-state index in [4.69, 9.17) is 0 Å². The van der Waals surface area contributed by atoms with Gasteiger partial charge in [0, 0.05) is 44.2 Å². The molecule has 2 aliphatic heterocycles. The second kappa shape index (κ2) is 8.84. The molecule has 0 saturated carbocycles. The number of halogens is 2. The Hall–Kier alpha value is -3.66. The zero-order valence-electron chi connectivity index (χ0n) is 19.4. The predicted molar refractivity (Wildman–Crippen MR) is 131 cm³/mol. The molecule has 5 heterocycles. The lowest BCUT2D eigenvalue weighted by molar-refractivity contribution is 0.524. The Morgan fingerprint density at radius 3 is 2.69 bits per heavy atom. The molecular weight excluding hydrogens is 450 g/mol. The van der Waals surface area contributed by atoms with Crippen LogP contribution in [0.4, 0.5) is 26.2 Å². The monoisotopic (exact) mass is 476 g/mol. The van der Waals surface area contributed by atoms with Gasteiger partial charge in [-0.2, -0.15) is 0 Å². The van der Waals surface area contributed by atoms with Crippen molar-refractivity contribution in [1.29, 1.82) is 0 Å². The van der Waals surface area contributed by atoms with Crippen molar-refractivity contribution in [3.05, 3.63) is 54.1 Å². The number of anilines is 3. The second-order valence-electron chi connectivity index (χ2n) is 8.98. The quantitative estimate of drug-likeness (QED) is 0.446. The molecule has 0 aliphatic carbocycles. The number of piperazine rings is 1. The molecule has 1 saturated heterocycles. The van der Waals surface area contributed by atoms with Crippen LogP contribution in [-0.4, -0.2) is 50.7 Å². The molecule has 1 aromatic carbocycles. The van der Waals surface area contributed by atoms with Crippen LogP contribution in [0.2, 0.25) is 0 Å². The molecule has 8 nitrogen and oxygen atoms in total. The summed E-state index contributed by atoms with van der Waals surface area (Å²) < 4.78 is 31.9. The summed E-state index contributed by atoms with van der Waals surface area (Å²) in [4.78, 5) is 19.6. The molecule has 4 aromatic rings. The molecule has 0 bridgehead atoms. The van der Waals surface area contributed by atoms with E-state index in [2.05, 4.69) is 47.0 Å². The molecule has 1 atom stereocenters. The first-order valence-corrected chi connectivity index (χ1v) is 12.0. The molecule has 10 heteroatoms. The minimum Gasteiger partial charge on any atom is -0.368 e. The number of nitrogens with zero attached hydrogens (tertiary/aromatic N) is 6. The van der Waals surface area contributed by atoms with Crippen LogP contribution in [0, 0.1) is 11.6 Å². The normalized spacial score (nSPS) is 17.7. The zero-order valence-corrected chi connectivity index (χ0v) is 19.4. The summed E-state index contributed by atoms with van der Waals surface area (Å²) in [5, 5.41) is 6.36. The number of fused-ring (bicyclic) bond motifs is 3. The van der Waals surface area contributed by atoms with Crippen LogP contribution in [-0.2, 0) is 6.42 Å². The zero-order chi connectivity index (χ0) is 23.9. The lowest BCUT2D eigenvalue weighted by Crippen LogP contribution is -2.43. The molecule has 1 fully saturated rings. The Morgan fingerprint density at radius 1 is 1.06 bits per heavy atom.